The summed E-state index contributed by atoms with van der Waals surface area (Å²) in [7, 11) is 3.29. The summed E-state index contributed by atoms with van der Waals surface area (Å²) in [4.78, 5) is 25.0. The van der Waals surface area contributed by atoms with Gasteiger partial charge in [-0.3, -0.25) is 9.59 Å². The van der Waals surface area contributed by atoms with Crippen molar-refractivity contribution in [1.29, 1.82) is 0 Å². The molecule has 0 bridgehead atoms. The summed E-state index contributed by atoms with van der Waals surface area (Å²) in [5.74, 6) is -0.369. The SMILES string of the molecule is CN(C)C(=O)c1ccc(NC(=O)c2ccco2)cc1Cl. The van der Waals surface area contributed by atoms with Crippen molar-refractivity contribution in [3.8, 4) is 0 Å². The minimum atomic E-state index is -0.377. The van der Waals surface area contributed by atoms with Gasteiger partial charge in [-0.15, -0.1) is 0 Å². The van der Waals surface area contributed by atoms with Crippen LogP contribution in [0.15, 0.2) is 41.0 Å². The molecule has 0 aliphatic heterocycles. The van der Waals surface area contributed by atoms with Gasteiger partial charge in [-0.05, 0) is 30.3 Å². The molecule has 6 heteroatoms. The molecule has 1 N–H and O–H groups in total. The molecule has 0 unspecified atom stereocenters. The molecule has 0 radical (unpaired) electrons. The molecule has 20 heavy (non-hydrogen) atoms. The second-order valence-electron chi connectivity index (χ2n) is 4.33. The Morgan fingerprint density at radius 1 is 1.25 bits per heavy atom. The first-order chi connectivity index (χ1) is 9.49. The Hall–Kier alpha value is -2.27. The normalized spacial score (nSPS) is 10.2. The minimum absolute atomic E-state index is 0.195. The Labute approximate surface area is 121 Å². The van der Waals surface area contributed by atoms with Gasteiger partial charge >= 0.3 is 0 Å². The van der Waals surface area contributed by atoms with Gasteiger partial charge in [0.25, 0.3) is 11.8 Å². The Bertz CT molecular complexity index is 636. The summed E-state index contributed by atoms with van der Waals surface area (Å²) in [5.41, 5.74) is 0.874. The van der Waals surface area contributed by atoms with Crippen LogP contribution >= 0.6 is 11.6 Å². The highest BCUT2D eigenvalue weighted by Gasteiger charge is 2.14. The second-order valence-corrected chi connectivity index (χ2v) is 4.73. The van der Waals surface area contributed by atoms with E-state index in [1.165, 1.54) is 17.2 Å². The maximum absolute atomic E-state index is 11.8. The zero-order valence-electron chi connectivity index (χ0n) is 11.0. The molecule has 0 spiro atoms. The summed E-state index contributed by atoms with van der Waals surface area (Å²) in [6, 6.07) is 7.90. The molecule has 0 fully saturated rings. The Balaban J connectivity index is 2.17. The lowest BCUT2D eigenvalue weighted by molar-refractivity contribution is 0.0827. The van der Waals surface area contributed by atoms with Crippen molar-refractivity contribution < 1.29 is 14.0 Å². The van der Waals surface area contributed by atoms with Gasteiger partial charge in [0.15, 0.2) is 5.76 Å². The topological polar surface area (TPSA) is 62.6 Å². The minimum Gasteiger partial charge on any atom is -0.459 e. The van der Waals surface area contributed by atoms with E-state index in [1.807, 2.05) is 0 Å². The number of nitrogens with one attached hydrogen (secondary N) is 1. The average molecular weight is 293 g/mol. The highest BCUT2D eigenvalue weighted by atomic mass is 35.5. The fourth-order valence-electron chi connectivity index (χ4n) is 1.61. The number of nitrogens with zero attached hydrogens (tertiary/aromatic N) is 1. The van der Waals surface area contributed by atoms with E-state index in [1.54, 1.807) is 38.4 Å². The summed E-state index contributed by atoms with van der Waals surface area (Å²) >= 11 is 6.05. The molecule has 0 saturated heterocycles. The van der Waals surface area contributed by atoms with Gasteiger partial charge in [0.2, 0.25) is 0 Å². The molecular formula is C14H13ClN2O3. The third kappa shape index (κ3) is 3.00. The lowest BCUT2D eigenvalue weighted by atomic mass is 10.2. The van der Waals surface area contributed by atoms with Crippen molar-refractivity contribution in [2.24, 2.45) is 0 Å². The number of carbonyl (C=O) groups excluding carboxylic acids is 2. The number of halogens is 1. The van der Waals surface area contributed by atoms with Crippen molar-refractivity contribution in [3.63, 3.8) is 0 Å². The molecule has 2 aromatic rings. The molecule has 0 atom stereocenters. The van der Waals surface area contributed by atoms with Gasteiger partial charge in [-0.25, -0.2) is 0 Å². The third-order valence-electron chi connectivity index (χ3n) is 2.61. The predicted molar refractivity (Wildman–Crippen MR) is 76.1 cm³/mol. The fraction of sp³-hybridized carbons (Fsp3) is 0.143. The third-order valence-corrected chi connectivity index (χ3v) is 2.92. The lowest BCUT2D eigenvalue weighted by Crippen LogP contribution is -2.22. The van der Waals surface area contributed by atoms with E-state index in [2.05, 4.69) is 5.32 Å². The lowest BCUT2D eigenvalue weighted by Gasteiger charge is -2.12. The van der Waals surface area contributed by atoms with Gasteiger partial charge in [0.1, 0.15) is 0 Å². The molecule has 2 amide bonds. The Morgan fingerprint density at radius 2 is 2.00 bits per heavy atom. The average Bonchev–Trinajstić information content (AvgIpc) is 2.92. The molecular weight excluding hydrogens is 280 g/mol. The number of hydrogen-bond donors (Lipinski definition) is 1. The number of furan rings is 1. The molecule has 0 saturated carbocycles. The number of benzene rings is 1. The van der Waals surface area contributed by atoms with Gasteiger partial charge in [0.05, 0.1) is 16.8 Å². The molecule has 1 aromatic heterocycles. The molecule has 1 aromatic carbocycles. The van der Waals surface area contributed by atoms with Crippen LogP contribution < -0.4 is 5.32 Å². The van der Waals surface area contributed by atoms with Gasteiger partial charge in [-0.1, -0.05) is 11.6 Å². The monoisotopic (exact) mass is 292 g/mol. The summed E-state index contributed by atoms with van der Waals surface area (Å²) in [6.45, 7) is 0. The number of carbonyl (C=O) groups is 2. The van der Waals surface area contributed by atoms with Crippen LogP contribution in [0, 0.1) is 0 Å². The highest BCUT2D eigenvalue weighted by Crippen LogP contribution is 2.22. The van der Waals surface area contributed by atoms with Crippen LogP contribution in [0.5, 0.6) is 0 Å². The zero-order valence-corrected chi connectivity index (χ0v) is 11.8. The quantitative estimate of drug-likeness (QED) is 0.946. The number of rotatable bonds is 3. The van der Waals surface area contributed by atoms with E-state index in [0.717, 1.165) is 0 Å². The first-order valence-electron chi connectivity index (χ1n) is 5.85. The molecule has 1 heterocycles. The van der Waals surface area contributed by atoms with Crippen molar-refractivity contribution in [2.45, 2.75) is 0 Å². The first kappa shape index (κ1) is 14.1. The number of hydrogen-bond acceptors (Lipinski definition) is 3. The van der Waals surface area contributed by atoms with E-state index >= 15 is 0 Å². The van der Waals surface area contributed by atoms with Crippen molar-refractivity contribution in [2.75, 3.05) is 19.4 Å². The maximum Gasteiger partial charge on any atom is 0.291 e. The van der Waals surface area contributed by atoms with Crippen LogP contribution in [0.2, 0.25) is 5.02 Å². The van der Waals surface area contributed by atoms with E-state index in [9.17, 15) is 9.59 Å². The summed E-state index contributed by atoms with van der Waals surface area (Å²) in [5, 5.41) is 2.92. The Morgan fingerprint density at radius 3 is 2.55 bits per heavy atom. The van der Waals surface area contributed by atoms with E-state index in [-0.39, 0.29) is 22.6 Å². The molecule has 104 valence electrons. The van der Waals surface area contributed by atoms with E-state index in [0.29, 0.717) is 11.3 Å². The van der Waals surface area contributed by atoms with Crippen LogP contribution in [0.3, 0.4) is 0 Å². The number of anilines is 1. The standard InChI is InChI=1S/C14H13ClN2O3/c1-17(2)14(19)10-6-5-9(8-11(10)15)16-13(18)12-4-3-7-20-12/h3-8H,1-2H3,(H,16,18). The van der Waals surface area contributed by atoms with Crippen LogP contribution in [0.4, 0.5) is 5.69 Å². The maximum atomic E-state index is 11.8. The zero-order chi connectivity index (χ0) is 14.7. The van der Waals surface area contributed by atoms with Gasteiger partial charge in [0, 0.05) is 19.8 Å². The number of amides is 2. The van der Waals surface area contributed by atoms with Crippen LogP contribution in [-0.4, -0.2) is 30.8 Å². The van der Waals surface area contributed by atoms with E-state index < -0.39 is 0 Å². The molecule has 5 nitrogen and oxygen atoms in total. The molecule has 0 aliphatic rings. The smallest absolute Gasteiger partial charge is 0.291 e. The fourth-order valence-corrected chi connectivity index (χ4v) is 1.87. The second kappa shape index (κ2) is 5.79. The molecule has 2 rings (SSSR count). The van der Waals surface area contributed by atoms with Crippen molar-refractivity contribution in [1.82, 2.24) is 4.90 Å². The molecule has 0 aliphatic carbocycles. The Kier molecular flexibility index (Phi) is 4.10. The van der Waals surface area contributed by atoms with E-state index in [4.69, 9.17) is 16.0 Å². The van der Waals surface area contributed by atoms with Gasteiger partial charge < -0.3 is 14.6 Å². The van der Waals surface area contributed by atoms with Crippen molar-refractivity contribution >= 4 is 29.1 Å². The van der Waals surface area contributed by atoms with Crippen LogP contribution in [-0.2, 0) is 0 Å². The van der Waals surface area contributed by atoms with Crippen LogP contribution in [0.1, 0.15) is 20.9 Å². The van der Waals surface area contributed by atoms with Crippen molar-refractivity contribution in [3.05, 3.63) is 52.9 Å². The first-order valence-corrected chi connectivity index (χ1v) is 6.23. The summed E-state index contributed by atoms with van der Waals surface area (Å²) < 4.78 is 4.99. The highest BCUT2D eigenvalue weighted by molar-refractivity contribution is 6.34. The van der Waals surface area contributed by atoms with Crippen LogP contribution in [0.25, 0.3) is 0 Å². The largest absolute Gasteiger partial charge is 0.459 e. The predicted octanol–water partition coefficient (Wildman–Crippen LogP) is 2.89. The van der Waals surface area contributed by atoms with Gasteiger partial charge in [-0.2, -0.15) is 0 Å². The summed E-state index contributed by atoms with van der Waals surface area (Å²) in [6.07, 6.45) is 1.42.